The Morgan fingerprint density at radius 2 is 2.00 bits per heavy atom. The van der Waals surface area contributed by atoms with Gasteiger partial charge in [-0.25, -0.2) is 4.98 Å². The molecule has 112 valence electrons. The Morgan fingerprint density at radius 1 is 1.23 bits per heavy atom. The normalized spacial score (nSPS) is 10.6. The van der Waals surface area contributed by atoms with Crippen molar-refractivity contribution in [2.75, 3.05) is 5.32 Å². The molecule has 0 fully saturated rings. The van der Waals surface area contributed by atoms with Gasteiger partial charge in [-0.1, -0.05) is 18.2 Å². The molecular formula is C14H12N4O2S2. The van der Waals surface area contributed by atoms with Gasteiger partial charge in [0, 0.05) is 23.4 Å². The summed E-state index contributed by atoms with van der Waals surface area (Å²) in [5.74, 6) is 0.288. The number of rotatable bonds is 4. The zero-order chi connectivity index (χ0) is 15.5. The van der Waals surface area contributed by atoms with Crippen molar-refractivity contribution in [1.29, 1.82) is 0 Å². The highest BCUT2D eigenvalue weighted by atomic mass is 32.2. The fourth-order valence-electron chi connectivity index (χ4n) is 1.79. The van der Waals surface area contributed by atoms with Gasteiger partial charge in [0.2, 0.25) is 16.0 Å². The van der Waals surface area contributed by atoms with Gasteiger partial charge in [0.1, 0.15) is 0 Å². The van der Waals surface area contributed by atoms with Gasteiger partial charge in [0.15, 0.2) is 5.89 Å². The lowest BCUT2D eigenvalue weighted by atomic mass is 10.3. The number of aryl methyl sites for hydroxylation is 2. The number of hydrogen-bond acceptors (Lipinski definition) is 7. The Morgan fingerprint density at radius 3 is 2.68 bits per heavy atom. The molecule has 2 heterocycles. The predicted molar refractivity (Wildman–Crippen MR) is 84.4 cm³/mol. The molecular weight excluding hydrogens is 320 g/mol. The van der Waals surface area contributed by atoms with Gasteiger partial charge in [0.05, 0.1) is 5.69 Å². The number of oxazole rings is 1. The molecule has 0 atom stereocenters. The van der Waals surface area contributed by atoms with Crippen LogP contribution in [0, 0.1) is 13.8 Å². The van der Waals surface area contributed by atoms with E-state index in [2.05, 4.69) is 19.7 Å². The summed E-state index contributed by atoms with van der Waals surface area (Å²) in [7, 11) is 0. The largest absolute Gasteiger partial charge is 0.436 e. The number of nitrogens with one attached hydrogen (secondary N) is 1. The van der Waals surface area contributed by atoms with Gasteiger partial charge >= 0.3 is 0 Å². The first-order chi connectivity index (χ1) is 10.6. The van der Waals surface area contributed by atoms with Gasteiger partial charge in [-0.3, -0.25) is 10.1 Å². The summed E-state index contributed by atoms with van der Waals surface area (Å²) in [4.78, 5) is 21.5. The van der Waals surface area contributed by atoms with Crippen LogP contribution < -0.4 is 5.32 Å². The van der Waals surface area contributed by atoms with E-state index >= 15 is 0 Å². The van der Waals surface area contributed by atoms with Crippen LogP contribution in [0.5, 0.6) is 0 Å². The van der Waals surface area contributed by atoms with E-state index in [9.17, 15) is 4.79 Å². The molecule has 0 radical (unpaired) electrons. The van der Waals surface area contributed by atoms with Gasteiger partial charge in [-0.05, 0) is 30.8 Å². The van der Waals surface area contributed by atoms with E-state index in [1.807, 2.05) is 30.3 Å². The Bertz CT molecular complexity index is 798. The summed E-state index contributed by atoms with van der Waals surface area (Å²) in [6.45, 7) is 3.42. The van der Waals surface area contributed by atoms with Crippen molar-refractivity contribution in [2.45, 2.75) is 23.9 Å². The van der Waals surface area contributed by atoms with Crippen molar-refractivity contribution in [3.63, 3.8) is 0 Å². The maximum atomic E-state index is 12.1. The van der Waals surface area contributed by atoms with Gasteiger partial charge in [0.25, 0.3) is 5.91 Å². The lowest BCUT2D eigenvalue weighted by molar-refractivity contribution is 0.0994. The molecule has 1 amide bonds. The third-order valence-corrected chi connectivity index (χ3v) is 4.31. The van der Waals surface area contributed by atoms with Gasteiger partial charge in [-0.2, -0.15) is 9.36 Å². The van der Waals surface area contributed by atoms with Crippen LogP contribution in [-0.4, -0.2) is 20.2 Å². The standard InChI is InChI=1S/C14H12N4O2S2/c1-8-11(20-9(2)15-8)12(19)16-13-17-14(18-22-13)21-10-6-4-3-5-7-10/h3-7H,1-2H3,(H,16,17,18,19). The van der Waals surface area contributed by atoms with Crippen molar-refractivity contribution in [1.82, 2.24) is 14.3 Å². The van der Waals surface area contributed by atoms with E-state index < -0.39 is 0 Å². The first kappa shape index (κ1) is 14.7. The minimum Gasteiger partial charge on any atom is -0.436 e. The summed E-state index contributed by atoms with van der Waals surface area (Å²) in [6, 6.07) is 9.81. The smallest absolute Gasteiger partial charge is 0.295 e. The second-order valence-corrected chi connectivity index (χ2v) is 6.19. The number of anilines is 1. The summed E-state index contributed by atoms with van der Waals surface area (Å²) < 4.78 is 9.50. The van der Waals surface area contributed by atoms with E-state index in [1.54, 1.807) is 13.8 Å². The molecule has 0 spiro atoms. The number of nitrogens with zero attached hydrogens (tertiary/aromatic N) is 3. The quantitative estimate of drug-likeness (QED) is 0.787. The SMILES string of the molecule is Cc1nc(C)c(C(=O)Nc2nc(Sc3ccccc3)ns2)o1. The fraction of sp³-hybridized carbons (Fsp3) is 0.143. The van der Waals surface area contributed by atoms with Crippen molar-refractivity contribution in [3.8, 4) is 0 Å². The van der Waals surface area contributed by atoms with E-state index in [4.69, 9.17) is 4.42 Å². The highest BCUT2D eigenvalue weighted by molar-refractivity contribution is 7.99. The zero-order valence-corrected chi connectivity index (χ0v) is 13.5. The van der Waals surface area contributed by atoms with Crippen LogP contribution in [0.3, 0.4) is 0 Å². The van der Waals surface area contributed by atoms with Crippen molar-refractivity contribution in [3.05, 3.63) is 47.7 Å². The summed E-state index contributed by atoms with van der Waals surface area (Å²) >= 11 is 2.57. The predicted octanol–water partition coefficient (Wildman–Crippen LogP) is 3.55. The third kappa shape index (κ3) is 3.34. The minimum absolute atomic E-state index is 0.199. The average Bonchev–Trinajstić information content (AvgIpc) is 3.06. The van der Waals surface area contributed by atoms with Crippen LogP contribution in [0.25, 0.3) is 0 Å². The second kappa shape index (κ2) is 6.29. The molecule has 0 bridgehead atoms. The Hall–Kier alpha value is -2.19. The topological polar surface area (TPSA) is 80.9 Å². The van der Waals surface area contributed by atoms with Crippen LogP contribution in [-0.2, 0) is 0 Å². The monoisotopic (exact) mass is 332 g/mol. The molecule has 8 heteroatoms. The van der Waals surface area contributed by atoms with Gasteiger partial charge < -0.3 is 4.42 Å². The maximum Gasteiger partial charge on any atom is 0.295 e. The number of hydrogen-bond donors (Lipinski definition) is 1. The molecule has 0 aliphatic heterocycles. The molecule has 22 heavy (non-hydrogen) atoms. The highest BCUT2D eigenvalue weighted by Gasteiger charge is 2.17. The van der Waals surface area contributed by atoms with Crippen molar-refractivity contribution >= 4 is 34.3 Å². The summed E-state index contributed by atoms with van der Waals surface area (Å²) in [5, 5.41) is 3.70. The molecule has 0 unspecified atom stereocenters. The van der Waals surface area contributed by atoms with Crippen LogP contribution >= 0.6 is 23.3 Å². The van der Waals surface area contributed by atoms with Crippen LogP contribution in [0.2, 0.25) is 0 Å². The van der Waals surface area contributed by atoms with Crippen molar-refractivity contribution < 1.29 is 9.21 Å². The van der Waals surface area contributed by atoms with Crippen LogP contribution in [0.4, 0.5) is 5.13 Å². The lowest BCUT2D eigenvalue weighted by Crippen LogP contribution is -2.12. The van der Waals surface area contributed by atoms with E-state index in [1.165, 1.54) is 11.8 Å². The number of carbonyl (C=O) groups excluding carboxylic acids is 1. The van der Waals surface area contributed by atoms with E-state index in [0.29, 0.717) is 21.9 Å². The molecule has 0 saturated heterocycles. The fourth-order valence-corrected chi connectivity index (χ4v) is 3.22. The Labute approximate surface area is 135 Å². The molecule has 0 saturated carbocycles. The third-order valence-electron chi connectivity index (χ3n) is 2.69. The summed E-state index contributed by atoms with van der Waals surface area (Å²) in [5.41, 5.74) is 0.554. The number of carbonyl (C=O) groups is 1. The Balaban J connectivity index is 1.69. The van der Waals surface area contributed by atoms with Crippen LogP contribution in [0.15, 0.2) is 44.8 Å². The lowest BCUT2D eigenvalue weighted by Gasteiger charge is -1.97. The van der Waals surface area contributed by atoms with Gasteiger partial charge in [-0.15, -0.1) is 0 Å². The molecule has 2 aromatic heterocycles. The van der Waals surface area contributed by atoms with E-state index in [-0.39, 0.29) is 11.7 Å². The molecule has 0 aliphatic rings. The maximum absolute atomic E-state index is 12.1. The molecule has 1 N–H and O–H groups in total. The Kier molecular flexibility index (Phi) is 4.21. The van der Waals surface area contributed by atoms with E-state index in [0.717, 1.165) is 16.4 Å². The molecule has 1 aromatic carbocycles. The summed E-state index contributed by atoms with van der Waals surface area (Å²) in [6.07, 6.45) is 0. The highest BCUT2D eigenvalue weighted by Crippen LogP contribution is 2.27. The minimum atomic E-state index is -0.370. The number of amides is 1. The zero-order valence-electron chi connectivity index (χ0n) is 11.9. The molecule has 3 rings (SSSR count). The molecule has 0 aliphatic carbocycles. The average molecular weight is 332 g/mol. The first-order valence-corrected chi connectivity index (χ1v) is 8.03. The molecule has 3 aromatic rings. The second-order valence-electron chi connectivity index (χ2n) is 4.40. The van der Waals surface area contributed by atoms with Crippen molar-refractivity contribution in [2.24, 2.45) is 0 Å². The number of aromatic nitrogens is 3. The number of benzene rings is 1. The first-order valence-electron chi connectivity index (χ1n) is 6.44. The molecule has 6 nitrogen and oxygen atoms in total. The van der Waals surface area contributed by atoms with Crippen LogP contribution in [0.1, 0.15) is 22.1 Å².